The first-order chi connectivity index (χ1) is 9.47. The third kappa shape index (κ3) is 3.23. The Morgan fingerprint density at radius 2 is 1.75 bits per heavy atom. The molecule has 2 aromatic rings. The van der Waals surface area contributed by atoms with Gasteiger partial charge in [-0.1, -0.05) is 29.8 Å². The number of carbonyl (C=O) groups is 1. The molecule has 0 bridgehead atoms. The Hall–Kier alpha value is -2.16. The number of aryl methyl sites for hydroxylation is 2. The molecule has 0 spiro atoms. The fourth-order valence-electron chi connectivity index (χ4n) is 2.09. The van der Waals surface area contributed by atoms with Crippen molar-refractivity contribution in [2.75, 3.05) is 0 Å². The molecule has 0 heterocycles. The van der Waals surface area contributed by atoms with E-state index in [-0.39, 0.29) is 17.8 Å². The summed E-state index contributed by atoms with van der Waals surface area (Å²) in [7, 11) is 0. The summed E-state index contributed by atoms with van der Waals surface area (Å²) in [5.41, 5.74) is 3.55. The van der Waals surface area contributed by atoms with Crippen molar-refractivity contribution >= 4 is 5.91 Å². The zero-order chi connectivity index (χ0) is 14.7. The molecule has 1 unspecified atom stereocenters. The van der Waals surface area contributed by atoms with Crippen molar-refractivity contribution in [3.8, 4) is 0 Å². The van der Waals surface area contributed by atoms with Crippen LogP contribution in [0, 0.1) is 19.7 Å². The maximum absolute atomic E-state index is 12.9. The normalized spacial score (nSPS) is 12.0. The van der Waals surface area contributed by atoms with Crippen LogP contribution >= 0.6 is 0 Å². The molecule has 0 aliphatic rings. The molecule has 2 rings (SSSR count). The van der Waals surface area contributed by atoms with Gasteiger partial charge in [0.25, 0.3) is 5.91 Å². The Labute approximate surface area is 118 Å². The molecule has 0 saturated heterocycles. The maximum atomic E-state index is 12.9. The Morgan fingerprint density at radius 3 is 2.40 bits per heavy atom. The Kier molecular flexibility index (Phi) is 4.18. The Morgan fingerprint density at radius 1 is 1.10 bits per heavy atom. The minimum Gasteiger partial charge on any atom is -0.346 e. The topological polar surface area (TPSA) is 29.1 Å². The molecule has 2 nitrogen and oxygen atoms in total. The van der Waals surface area contributed by atoms with Crippen molar-refractivity contribution in [1.29, 1.82) is 0 Å². The molecule has 3 heteroatoms. The van der Waals surface area contributed by atoms with Crippen LogP contribution in [0.25, 0.3) is 0 Å². The van der Waals surface area contributed by atoms with Crippen LogP contribution in [0.5, 0.6) is 0 Å². The van der Waals surface area contributed by atoms with Crippen molar-refractivity contribution in [2.45, 2.75) is 26.8 Å². The molecule has 104 valence electrons. The lowest BCUT2D eigenvalue weighted by Crippen LogP contribution is -2.27. The number of hydrogen-bond donors (Lipinski definition) is 1. The third-order valence-corrected chi connectivity index (χ3v) is 3.36. The van der Waals surface area contributed by atoms with E-state index in [2.05, 4.69) is 5.32 Å². The van der Waals surface area contributed by atoms with Crippen molar-refractivity contribution in [3.63, 3.8) is 0 Å². The van der Waals surface area contributed by atoms with E-state index >= 15 is 0 Å². The lowest BCUT2D eigenvalue weighted by atomic mass is 10.0. The van der Waals surface area contributed by atoms with Crippen molar-refractivity contribution in [3.05, 3.63) is 70.5 Å². The molecular weight excluding hydrogens is 253 g/mol. The summed E-state index contributed by atoms with van der Waals surface area (Å²) in [6, 6.07) is 11.8. The van der Waals surface area contributed by atoms with Crippen LogP contribution in [0.2, 0.25) is 0 Å². The molecule has 20 heavy (non-hydrogen) atoms. The summed E-state index contributed by atoms with van der Waals surface area (Å²) in [5.74, 6) is -0.384. The zero-order valence-electron chi connectivity index (χ0n) is 11.9. The van der Waals surface area contributed by atoms with Gasteiger partial charge in [0.1, 0.15) is 5.82 Å². The van der Waals surface area contributed by atoms with Crippen molar-refractivity contribution < 1.29 is 9.18 Å². The highest BCUT2D eigenvalue weighted by molar-refractivity contribution is 5.96. The van der Waals surface area contributed by atoms with Gasteiger partial charge in [-0.15, -0.1) is 0 Å². The number of amides is 1. The van der Waals surface area contributed by atoms with Gasteiger partial charge in [0, 0.05) is 5.56 Å². The molecular formula is C17H18FNO. The fourth-order valence-corrected chi connectivity index (χ4v) is 2.09. The van der Waals surface area contributed by atoms with Gasteiger partial charge in [-0.25, -0.2) is 4.39 Å². The zero-order valence-corrected chi connectivity index (χ0v) is 11.9. The van der Waals surface area contributed by atoms with Crippen molar-refractivity contribution in [2.24, 2.45) is 0 Å². The van der Waals surface area contributed by atoms with Gasteiger partial charge in [0.05, 0.1) is 6.04 Å². The SMILES string of the molecule is Cc1ccc(C)c(C(=O)NC(C)c2ccc(F)cc2)c1. The second-order valence-corrected chi connectivity index (χ2v) is 5.07. The van der Waals surface area contributed by atoms with Crippen LogP contribution in [0.1, 0.15) is 40.0 Å². The molecule has 1 N–H and O–H groups in total. The van der Waals surface area contributed by atoms with Gasteiger partial charge >= 0.3 is 0 Å². The van der Waals surface area contributed by atoms with E-state index in [9.17, 15) is 9.18 Å². The Balaban J connectivity index is 2.15. The van der Waals surface area contributed by atoms with Crippen LogP contribution in [0.4, 0.5) is 4.39 Å². The van der Waals surface area contributed by atoms with E-state index in [1.165, 1.54) is 12.1 Å². The predicted octanol–water partition coefficient (Wildman–Crippen LogP) is 3.93. The van der Waals surface area contributed by atoms with Gasteiger partial charge in [0.2, 0.25) is 0 Å². The molecule has 1 amide bonds. The summed E-state index contributed by atoms with van der Waals surface area (Å²) in [4.78, 5) is 12.3. The highest BCUT2D eigenvalue weighted by Gasteiger charge is 2.13. The largest absolute Gasteiger partial charge is 0.346 e. The number of hydrogen-bond acceptors (Lipinski definition) is 1. The van der Waals surface area contributed by atoms with Crippen LogP contribution < -0.4 is 5.32 Å². The Bertz CT molecular complexity index is 619. The van der Waals surface area contributed by atoms with Gasteiger partial charge in [-0.2, -0.15) is 0 Å². The van der Waals surface area contributed by atoms with E-state index in [0.29, 0.717) is 5.56 Å². The molecule has 2 aromatic carbocycles. The molecule has 0 aromatic heterocycles. The number of rotatable bonds is 3. The second-order valence-electron chi connectivity index (χ2n) is 5.07. The third-order valence-electron chi connectivity index (χ3n) is 3.36. The first-order valence-electron chi connectivity index (χ1n) is 6.61. The predicted molar refractivity (Wildman–Crippen MR) is 78.2 cm³/mol. The summed E-state index contributed by atoms with van der Waals surface area (Å²) < 4.78 is 12.9. The summed E-state index contributed by atoms with van der Waals surface area (Å²) in [5, 5.41) is 2.94. The fraction of sp³-hybridized carbons (Fsp3) is 0.235. The molecule has 0 radical (unpaired) electrons. The van der Waals surface area contributed by atoms with Crippen LogP contribution in [-0.2, 0) is 0 Å². The standard InChI is InChI=1S/C17H18FNO/c1-11-4-5-12(2)16(10-11)17(20)19-13(3)14-6-8-15(18)9-7-14/h4-10,13H,1-3H3,(H,19,20). The highest BCUT2D eigenvalue weighted by atomic mass is 19.1. The average molecular weight is 271 g/mol. The van der Waals surface area contributed by atoms with E-state index in [0.717, 1.165) is 16.7 Å². The molecule has 0 aliphatic carbocycles. The maximum Gasteiger partial charge on any atom is 0.252 e. The average Bonchev–Trinajstić information content (AvgIpc) is 2.42. The number of benzene rings is 2. The molecule has 1 atom stereocenters. The molecule has 0 aliphatic heterocycles. The monoisotopic (exact) mass is 271 g/mol. The number of nitrogens with one attached hydrogen (secondary N) is 1. The molecule has 0 fully saturated rings. The smallest absolute Gasteiger partial charge is 0.252 e. The van der Waals surface area contributed by atoms with Gasteiger partial charge < -0.3 is 5.32 Å². The first-order valence-corrected chi connectivity index (χ1v) is 6.61. The van der Waals surface area contributed by atoms with Gasteiger partial charge in [-0.05, 0) is 50.1 Å². The molecule has 0 saturated carbocycles. The number of halogens is 1. The quantitative estimate of drug-likeness (QED) is 0.900. The minimum atomic E-state index is -0.276. The van der Waals surface area contributed by atoms with Crippen LogP contribution in [-0.4, -0.2) is 5.91 Å². The summed E-state index contributed by atoms with van der Waals surface area (Å²) in [6.07, 6.45) is 0. The van der Waals surface area contributed by atoms with E-state index in [1.807, 2.05) is 39.0 Å². The lowest BCUT2D eigenvalue weighted by Gasteiger charge is -2.15. The van der Waals surface area contributed by atoms with Crippen molar-refractivity contribution in [1.82, 2.24) is 5.32 Å². The number of carbonyl (C=O) groups excluding carboxylic acids is 1. The lowest BCUT2D eigenvalue weighted by molar-refractivity contribution is 0.0939. The van der Waals surface area contributed by atoms with Crippen LogP contribution in [0.15, 0.2) is 42.5 Å². The van der Waals surface area contributed by atoms with Crippen LogP contribution in [0.3, 0.4) is 0 Å². The van der Waals surface area contributed by atoms with E-state index in [4.69, 9.17) is 0 Å². The summed E-state index contributed by atoms with van der Waals surface area (Å²) >= 11 is 0. The second kappa shape index (κ2) is 5.87. The minimum absolute atomic E-state index is 0.108. The first kappa shape index (κ1) is 14.3. The van der Waals surface area contributed by atoms with E-state index < -0.39 is 0 Å². The summed E-state index contributed by atoms with van der Waals surface area (Å²) in [6.45, 7) is 5.76. The van der Waals surface area contributed by atoms with Gasteiger partial charge in [0.15, 0.2) is 0 Å². The van der Waals surface area contributed by atoms with E-state index in [1.54, 1.807) is 12.1 Å². The van der Waals surface area contributed by atoms with Gasteiger partial charge in [-0.3, -0.25) is 4.79 Å². The highest BCUT2D eigenvalue weighted by Crippen LogP contribution is 2.16.